The zero-order valence-corrected chi connectivity index (χ0v) is 12.8. The van der Waals surface area contributed by atoms with E-state index >= 15 is 0 Å². The van der Waals surface area contributed by atoms with Gasteiger partial charge in [0.05, 0.1) is 11.9 Å². The van der Waals surface area contributed by atoms with Crippen molar-refractivity contribution in [3.8, 4) is 0 Å². The van der Waals surface area contributed by atoms with Crippen LogP contribution in [0.1, 0.15) is 18.2 Å². The first-order valence-electron chi connectivity index (χ1n) is 6.70. The minimum Gasteiger partial charge on any atom is -0.269 e. The third-order valence-electron chi connectivity index (χ3n) is 3.27. The normalized spacial score (nSPS) is 11.8. The predicted molar refractivity (Wildman–Crippen MR) is 77.9 cm³/mol. The van der Waals surface area contributed by atoms with Crippen molar-refractivity contribution in [1.29, 1.82) is 0 Å². The lowest BCUT2D eigenvalue weighted by atomic mass is 10.1. The molecule has 0 unspecified atom stereocenters. The number of hydrogen-bond acceptors (Lipinski definition) is 3. The first kappa shape index (κ1) is 15.7. The molecule has 0 spiro atoms. The van der Waals surface area contributed by atoms with Crippen LogP contribution in [0.4, 0.5) is 4.39 Å². The van der Waals surface area contributed by atoms with E-state index < -0.39 is 10.0 Å². The zero-order valence-electron chi connectivity index (χ0n) is 12.0. The second-order valence-corrected chi connectivity index (χ2v) is 6.42. The number of rotatable bonds is 6. The molecule has 0 amide bonds. The van der Waals surface area contributed by atoms with Gasteiger partial charge in [-0.05, 0) is 38.0 Å². The van der Waals surface area contributed by atoms with Crippen molar-refractivity contribution in [2.24, 2.45) is 0 Å². The lowest BCUT2D eigenvalue weighted by Crippen LogP contribution is -2.26. The van der Waals surface area contributed by atoms with Crippen LogP contribution in [0, 0.1) is 12.7 Å². The highest BCUT2D eigenvalue weighted by Gasteiger charge is 2.19. The molecule has 0 atom stereocenters. The van der Waals surface area contributed by atoms with Crippen LogP contribution in [0.3, 0.4) is 0 Å². The molecule has 0 aliphatic carbocycles. The predicted octanol–water partition coefficient (Wildman–Crippen LogP) is 1.87. The Bertz CT molecular complexity index is 708. The number of nitrogens with one attached hydrogen (secondary N) is 1. The molecule has 0 saturated heterocycles. The van der Waals surface area contributed by atoms with Crippen LogP contribution in [-0.4, -0.2) is 24.7 Å². The molecule has 0 fully saturated rings. The number of hydrogen-bond donors (Lipinski definition) is 1. The molecule has 7 heteroatoms. The van der Waals surface area contributed by atoms with E-state index in [1.807, 2.05) is 6.92 Å². The molecule has 1 N–H and O–H groups in total. The van der Waals surface area contributed by atoms with Crippen molar-refractivity contribution in [3.05, 3.63) is 47.5 Å². The maximum absolute atomic E-state index is 12.8. The molecule has 1 heterocycles. The topological polar surface area (TPSA) is 64.0 Å². The van der Waals surface area contributed by atoms with Gasteiger partial charge in [-0.25, -0.2) is 17.5 Å². The fourth-order valence-corrected chi connectivity index (χ4v) is 3.28. The van der Waals surface area contributed by atoms with Crippen molar-refractivity contribution in [2.75, 3.05) is 6.54 Å². The lowest BCUT2D eigenvalue weighted by Gasteiger charge is -2.07. The van der Waals surface area contributed by atoms with Gasteiger partial charge in [-0.2, -0.15) is 5.10 Å². The molecule has 2 aromatic rings. The highest BCUT2D eigenvalue weighted by Crippen LogP contribution is 2.14. The number of aryl methyl sites for hydroxylation is 1. The Morgan fingerprint density at radius 3 is 2.52 bits per heavy atom. The Morgan fingerprint density at radius 1 is 1.29 bits per heavy atom. The zero-order chi connectivity index (χ0) is 15.5. The quantitative estimate of drug-likeness (QED) is 0.886. The number of aromatic nitrogens is 2. The van der Waals surface area contributed by atoms with Crippen LogP contribution in [0.25, 0.3) is 0 Å². The third kappa shape index (κ3) is 3.68. The summed E-state index contributed by atoms with van der Waals surface area (Å²) in [5.41, 5.74) is 1.49. The van der Waals surface area contributed by atoms with E-state index in [0.29, 0.717) is 18.7 Å². The molecule has 5 nitrogen and oxygen atoms in total. The first-order chi connectivity index (χ1) is 9.94. The summed E-state index contributed by atoms with van der Waals surface area (Å²) in [6.07, 6.45) is 1.86. The van der Waals surface area contributed by atoms with Crippen LogP contribution >= 0.6 is 0 Å². The van der Waals surface area contributed by atoms with E-state index in [9.17, 15) is 12.8 Å². The minimum absolute atomic E-state index is 0.198. The summed E-state index contributed by atoms with van der Waals surface area (Å²) in [7, 11) is -3.57. The Balaban J connectivity index is 2.01. The van der Waals surface area contributed by atoms with Gasteiger partial charge in [0.25, 0.3) is 0 Å². The maximum atomic E-state index is 12.8. The second kappa shape index (κ2) is 6.36. The number of nitrogens with zero attached hydrogens (tertiary/aromatic N) is 2. The van der Waals surface area contributed by atoms with Crippen LogP contribution in [-0.2, 0) is 23.0 Å². The monoisotopic (exact) mass is 311 g/mol. The van der Waals surface area contributed by atoms with Crippen molar-refractivity contribution in [2.45, 2.75) is 31.7 Å². The molecule has 1 aromatic carbocycles. The largest absolute Gasteiger partial charge is 0.269 e. The Morgan fingerprint density at radius 2 is 1.95 bits per heavy atom. The maximum Gasteiger partial charge on any atom is 0.243 e. The Labute approximate surface area is 123 Å². The Hall–Kier alpha value is -1.73. The SMILES string of the molecule is CCn1ncc(S(=O)(=O)NCCc2ccc(F)cc2)c1C. The fourth-order valence-electron chi connectivity index (χ4n) is 2.07. The number of benzene rings is 1. The summed E-state index contributed by atoms with van der Waals surface area (Å²) in [6, 6.07) is 6.01. The molecule has 21 heavy (non-hydrogen) atoms. The van der Waals surface area contributed by atoms with E-state index in [0.717, 1.165) is 5.56 Å². The summed E-state index contributed by atoms with van der Waals surface area (Å²) in [6.45, 7) is 4.51. The second-order valence-electron chi connectivity index (χ2n) is 4.68. The number of halogens is 1. The van der Waals surface area contributed by atoms with Gasteiger partial charge in [-0.1, -0.05) is 12.1 Å². The molecule has 0 aliphatic rings. The van der Waals surface area contributed by atoms with Gasteiger partial charge in [0.15, 0.2) is 0 Å². The van der Waals surface area contributed by atoms with Gasteiger partial charge in [0, 0.05) is 13.1 Å². The molecule has 0 bridgehead atoms. The average Bonchev–Trinajstić information content (AvgIpc) is 2.82. The van der Waals surface area contributed by atoms with Crippen LogP contribution in [0.15, 0.2) is 35.4 Å². The molecular formula is C14H18FN3O2S. The van der Waals surface area contributed by atoms with Gasteiger partial charge in [-0.15, -0.1) is 0 Å². The smallest absolute Gasteiger partial charge is 0.243 e. The molecule has 114 valence electrons. The highest BCUT2D eigenvalue weighted by atomic mass is 32.2. The van der Waals surface area contributed by atoms with Crippen molar-refractivity contribution in [3.63, 3.8) is 0 Å². The van der Waals surface area contributed by atoms with Crippen LogP contribution in [0.5, 0.6) is 0 Å². The Kier molecular flexibility index (Phi) is 4.74. The van der Waals surface area contributed by atoms with Crippen LogP contribution < -0.4 is 4.72 Å². The molecule has 2 rings (SSSR count). The van der Waals surface area contributed by atoms with Crippen LogP contribution in [0.2, 0.25) is 0 Å². The summed E-state index contributed by atoms with van der Waals surface area (Å²) in [5.74, 6) is -0.304. The van der Waals surface area contributed by atoms with Crippen molar-refractivity contribution >= 4 is 10.0 Å². The molecule has 0 radical (unpaired) electrons. The van der Waals surface area contributed by atoms with Crippen molar-refractivity contribution < 1.29 is 12.8 Å². The van der Waals surface area contributed by atoms with E-state index in [1.54, 1.807) is 23.7 Å². The summed E-state index contributed by atoms with van der Waals surface area (Å²) < 4.78 is 41.4. The summed E-state index contributed by atoms with van der Waals surface area (Å²) in [4.78, 5) is 0.198. The standard InChI is InChI=1S/C14H18FN3O2S/c1-3-18-11(2)14(10-16-18)21(19,20)17-9-8-12-4-6-13(15)7-5-12/h4-7,10,17H,3,8-9H2,1-2H3. The fraction of sp³-hybridized carbons (Fsp3) is 0.357. The van der Waals surface area contributed by atoms with E-state index in [-0.39, 0.29) is 17.3 Å². The van der Waals surface area contributed by atoms with Crippen molar-refractivity contribution in [1.82, 2.24) is 14.5 Å². The van der Waals surface area contributed by atoms with Gasteiger partial charge in [0.2, 0.25) is 10.0 Å². The summed E-state index contributed by atoms with van der Waals surface area (Å²) >= 11 is 0. The third-order valence-corrected chi connectivity index (χ3v) is 4.83. The number of sulfonamides is 1. The highest BCUT2D eigenvalue weighted by molar-refractivity contribution is 7.89. The molecule has 1 aromatic heterocycles. The molecular weight excluding hydrogens is 293 g/mol. The van der Waals surface area contributed by atoms with E-state index in [2.05, 4.69) is 9.82 Å². The minimum atomic E-state index is -3.57. The molecule has 0 aliphatic heterocycles. The van der Waals surface area contributed by atoms with Gasteiger partial charge < -0.3 is 0 Å². The first-order valence-corrected chi connectivity index (χ1v) is 8.19. The lowest BCUT2D eigenvalue weighted by molar-refractivity contribution is 0.579. The summed E-state index contributed by atoms with van der Waals surface area (Å²) in [5, 5.41) is 4.03. The average molecular weight is 311 g/mol. The molecule has 0 saturated carbocycles. The van der Waals surface area contributed by atoms with Gasteiger partial charge in [-0.3, -0.25) is 4.68 Å². The van der Waals surface area contributed by atoms with Gasteiger partial charge >= 0.3 is 0 Å². The van der Waals surface area contributed by atoms with E-state index in [4.69, 9.17) is 0 Å². The van der Waals surface area contributed by atoms with E-state index in [1.165, 1.54) is 18.3 Å². The van der Waals surface area contributed by atoms with Gasteiger partial charge in [0.1, 0.15) is 10.7 Å².